The smallest absolute Gasteiger partial charge is 0.255 e. The Hall–Kier alpha value is -1.88. The Morgan fingerprint density at radius 1 is 1.32 bits per heavy atom. The summed E-state index contributed by atoms with van der Waals surface area (Å²) < 4.78 is 0. The minimum atomic E-state index is -0.524. The van der Waals surface area contributed by atoms with E-state index in [0.29, 0.717) is 23.7 Å². The van der Waals surface area contributed by atoms with Crippen LogP contribution in [0.3, 0.4) is 0 Å². The molecule has 5 heteroatoms. The number of quaternary nitrogens is 1. The first-order valence-corrected chi connectivity index (χ1v) is 6.73. The van der Waals surface area contributed by atoms with E-state index in [1.54, 1.807) is 12.1 Å². The van der Waals surface area contributed by atoms with Crippen molar-refractivity contribution < 1.29 is 14.9 Å². The van der Waals surface area contributed by atoms with E-state index in [0.717, 1.165) is 31.5 Å². The lowest BCUT2D eigenvalue weighted by molar-refractivity contribution is -0.663. The maximum absolute atomic E-state index is 12.5. The number of nitrogens with zero attached hydrogens (tertiary/aromatic N) is 1. The van der Waals surface area contributed by atoms with Gasteiger partial charge in [-0.25, -0.2) is 0 Å². The lowest BCUT2D eigenvalue weighted by atomic mass is 10.0. The Morgan fingerprint density at radius 2 is 2.05 bits per heavy atom. The van der Waals surface area contributed by atoms with Gasteiger partial charge in [0.1, 0.15) is 0 Å². The molecule has 2 heterocycles. The first-order chi connectivity index (χ1) is 9.18. The molecule has 0 aliphatic carbocycles. The number of hydrogen-bond donors (Lipinski definition) is 2. The molecular formula is C14H18N3O2+. The lowest BCUT2D eigenvalue weighted by Gasteiger charge is -2.29. The molecule has 5 nitrogen and oxygen atoms in total. The van der Waals surface area contributed by atoms with Gasteiger partial charge in [0, 0.05) is 25.4 Å². The molecule has 0 radical (unpaired) electrons. The third-order valence-electron chi connectivity index (χ3n) is 4.08. The second-order valence-electron chi connectivity index (χ2n) is 5.23. The van der Waals surface area contributed by atoms with Crippen LogP contribution in [0.2, 0.25) is 0 Å². The van der Waals surface area contributed by atoms with Crippen molar-refractivity contribution in [3.63, 3.8) is 0 Å². The summed E-state index contributed by atoms with van der Waals surface area (Å²) in [5, 5.41) is 2.28. The first-order valence-electron chi connectivity index (χ1n) is 6.73. The molecule has 0 spiro atoms. The number of hydrogen-bond acceptors (Lipinski definition) is 2. The van der Waals surface area contributed by atoms with Crippen molar-refractivity contribution in [3.8, 4) is 0 Å². The van der Waals surface area contributed by atoms with Gasteiger partial charge in [-0.1, -0.05) is 12.1 Å². The number of nitrogens with two attached hydrogens (primary N) is 2. The van der Waals surface area contributed by atoms with Gasteiger partial charge in [-0.15, -0.1) is 0 Å². The Morgan fingerprint density at radius 3 is 2.74 bits per heavy atom. The van der Waals surface area contributed by atoms with Crippen molar-refractivity contribution in [1.82, 2.24) is 4.90 Å². The van der Waals surface area contributed by atoms with Crippen molar-refractivity contribution in [3.05, 3.63) is 34.9 Å². The highest BCUT2D eigenvalue weighted by molar-refractivity contribution is 6.09. The van der Waals surface area contributed by atoms with Gasteiger partial charge in [-0.3, -0.25) is 9.59 Å². The third kappa shape index (κ3) is 2.00. The van der Waals surface area contributed by atoms with Crippen molar-refractivity contribution >= 4 is 11.8 Å². The summed E-state index contributed by atoms with van der Waals surface area (Å²) in [4.78, 5) is 25.9. The van der Waals surface area contributed by atoms with Crippen LogP contribution in [0.15, 0.2) is 18.2 Å². The average Bonchev–Trinajstić information content (AvgIpc) is 2.77. The topological polar surface area (TPSA) is 80.0 Å². The number of carbonyl (C=O) groups is 2. The van der Waals surface area contributed by atoms with Crippen LogP contribution in [0.4, 0.5) is 0 Å². The molecule has 0 unspecified atom stereocenters. The van der Waals surface area contributed by atoms with Gasteiger partial charge >= 0.3 is 0 Å². The average molecular weight is 260 g/mol. The normalized spacial score (nSPS) is 19.6. The van der Waals surface area contributed by atoms with E-state index in [1.807, 2.05) is 11.0 Å². The van der Waals surface area contributed by atoms with Crippen molar-refractivity contribution in [2.75, 3.05) is 13.1 Å². The van der Waals surface area contributed by atoms with Crippen molar-refractivity contribution in [2.24, 2.45) is 5.73 Å². The number of fused-ring (bicyclic) bond motifs is 1. The molecule has 1 aromatic carbocycles. The summed E-state index contributed by atoms with van der Waals surface area (Å²) >= 11 is 0. The zero-order chi connectivity index (χ0) is 13.4. The Kier molecular flexibility index (Phi) is 2.98. The molecule has 100 valence electrons. The molecule has 0 saturated carbocycles. The van der Waals surface area contributed by atoms with Gasteiger partial charge in [0.25, 0.3) is 5.91 Å². The molecule has 0 aromatic heterocycles. The van der Waals surface area contributed by atoms with Crippen LogP contribution in [-0.4, -0.2) is 35.8 Å². The van der Waals surface area contributed by atoms with Crippen LogP contribution in [0.25, 0.3) is 0 Å². The van der Waals surface area contributed by atoms with Gasteiger partial charge < -0.3 is 16.0 Å². The molecular weight excluding hydrogens is 242 g/mol. The quantitative estimate of drug-likeness (QED) is 0.749. The fraction of sp³-hybridized carbons (Fsp3) is 0.429. The van der Waals surface area contributed by atoms with Crippen LogP contribution in [0.5, 0.6) is 0 Å². The number of piperidine rings is 1. The summed E-state index contributed by atoms with van der Waals surface area (Å²) in [5.74, 6) is -0.555. The summed E-state index contributed by atoms with van der Waals surface area (Å²) in [6.07, 6.45) is 2.04. The van der Waals surface area contributed by atoms with E-state index in [4.69, 9.17) is 5.73 Å². The zero-order valence-electron chi connectivity index (χ0n) is 10.8. The van der Waals surface area contributed by atoms with Crippen LogP contribution in [0.1, 0.15) is 39.1 Å². The molecule has 1 fully saturated rings. The second kappa shape index (κ2) is 4.66. The molecule has 0 atom stereocenters. The van der Waals surface area contributed by atoms with Crippen LogP contribution >= 0.6 is 0 Å². The molecule has 2 amide bonds. The zero-order valence-corrected chi connectivity index (χ0v) is 10.8. The number of amides is 2. The molecule has 1 aromatic rings. The van der Waals surface area contributed by atoms with Crippen molar-refractivity contribution in [2.45, 2.75) is 25.4 Å². The number of primary amides is 1. The van der Waals surface area contributed by atoms with E-state index in [-0.39, 0.29) is 5.91 Å². The fourth-order valence-corrected chi connectivity index (χ4v) is 3.10. The highest BCUT2D eigenvalue weighted by Crippen LogP contribution is 2.29. The van der Waals surface area contributed by atoms with E-state index in [9.17, 15) is 9.59 Å². The van der Waals surface area contributed by atoms with Gasteiger partial charge in [0.05, 0.1) is 24.2 Å². The SMILES string of the molecule is NC(=O)c1cccc2c1C(=O)N(C1CC[NH2+]CC1)C2. The summed E-state index contributed by atoms with van der Waals surface area (Å²) in [5.41, 5.74) is 7.16. The molecule has 19 heavy (non-hydrogen) atoms. The maximum atomic E-state index is 12.5. The van der Waals surface area contributed by atoms with Crippen LogP contribution in [0, 0.1) is 0 Å². The minimum absolute atomic E-state index is 0.0312. The van der Waals surface area contributed by atoms with Gasteiger partial charge in [0.2, 0.25) is 5.91 Å². The summed E-state index contributed by atoms with van der Waals surface area (Å²) in [7, 11) is 0. The molecule has 2 aliphatic rings. The van der Waals surface area contributed by atoms with Gasteiger partial charge in [-0.05, 0) is 11.6 Å². The minimum Gasteiger partial charge on any atom is -0.366 e. The third-order valence-corrected chi connectivity index (χ3v) is 4.08. The van der Waals surface area contributed by atoms with E-state index < -0.39 is 5.91 Å². The predicted molar refractivity (Wildman–Crippen MR) is 69.5 cm³/mol. The highest BCUT2D eigenvalue weighted by atomic mass is 16.2. The maximum Gasteiger partial charge on any atom is 0.255 e. The molecule has 0 bridgehead atoms. The molecule has 4 N–H and O–H groups in total. The van der Waals surface area contributed by atoms with Crippen LogP contribution in [-0.2, 0) is 6.54 Å². The van der Waals surface area contributed by atoms with Crippen molar-refractivity contribution in [1.29, 1.82) is 0 Å². The highest BCUT2D eigenvalue weighted by Gasteiger charge is 2.36. The Bertz CT molecular complexity index is 535. The monoisotopic (exact) mass is 260 g/mol. The predicted octanol–water partition coefficient (Wildman–Crippen LogP) is -0.533. The fourth-order valence-electron chi connectivity index (χ4n) is 3.10. The summed E-state index contributed by atoms with van der Waals surface area (Å²) in [6.45, 7) is 2.74. The Labute approximate surface area is 111 Å². The molecule has 3 rings (SSSR count). The molecule has 2 aliphatic heterocycles. The molecule has 1 saturated heterocycles. The van der Waals surface area contributed by atoms with E-state index in [2.05, 4.69) is 5.32 Å². The van der Waals surface area contributed by atoms with Gasteiger partial charge in [0.15, 0.2) is 0 Å². The standard InChI is InChI=1S/C14H17N3O2/c15-13(18)11-3-1-2-9-8-17(14(19)12(9)11)10-4-6-16-7-5-10/h1-3,10,16H,4-8H2,(H2,15,18)/p+1. The van der Waals surface area contributed by atoms with E-state index >= 15 is 0 Å². The second-order valence-corrected chi connectivity index (χ2v) is 5.23. The lowest BCUT2D eigenvalue weighted by Crippen LogP contribution is -2.87. The first kappa shape index (κ1) is 12.2. The van der Waals surface area contributed by atoms with E-state index in [1.165, 1.54) is 0 Å². The van der Waals surface area contributed by atoms with Crippen LogP contribution < -0.4 is 11.1 Å². The largest absolute Gasteiger partial charge is 0.366 e. The summed E-state index contributed by atoms with van der Waals surface area (Å²) in [6, 6.07) is 5.64. The number of rotatable bonds is 2. The number of carbonyl (C=O) groups excluding carboxylic acids is 2. The number of benzene rings is 1. The van der Waals surface area contributed by atoms with Gasteiger partial charge in [-0.2, -0.15) is 0 Å². The Balaban J connectivity index is 1.93.